The molecular formula is C13H24N2O3. The lowest BCUT2D eigenvalue weighted by molar-refractivity contribution is -0.0123. The minimum absolute atomic E-state index is 0.000759. The molecule has 1 atom stereocenters. The summed E-state index contributed by atoms with van der Waals surface area (Å²) in [4.78, 5) is 11.5. The van der Waals surface area contributed by atoms with Gasteiger partial charge >= 0.3 is 6.09 Å². The van der Waals surface area contributed by atoms with Crippen molar-refractivity contribution in [2.24, 2.45) is 5.92 Å². The third-order valence-electron chi connectivity index (χ3n) is 3.66. The molecule has 2 aliphatic rings. The minimum Gasteiger partial charge on any atom is -0.447 e. The van der Waals surface area contributed by atoms with Crippen LogP contribution < -0.4 is 10.6 Å². The number of alkyl carbamates (subject to hydrolysis) is 1. The molecule has 0 radical (unpaired) electrons. The summed E-state index contributed by atoms with van der Waals surface area (Å²) >= 11 is 0. The Morgan fingerprint density at radius 1 is 1.33 bits per heavy atom. The first kappa shape index (κ1) is 13.6. The molecular weight excluding hydrogens is 232 g/mol. The second-order valence-electron chi connectivity index (χ2n) is 5.18. The molecule has 1 saturated carbocycles. The zero-order chi connectivity index (χ0) is 12.6. The quantitative estimate of drug-likeness (QED) is 0.795. The number of ether oxygens (including phenoxy) is 2. The summed E-state index contributed by atoms with van der Waals surface area (Å²) in [7, 11) is 0. The summed E-state index contributed by atoms with van der Waals surface area (Å²) in [5.74, 6) is 0.638. The molecule has 0 aromatic carbocycles. The van der Waals surface area contributed by atoms with E-state index in [0.717, 1.165) is 19.6 Å². The number of nitrogens with one attached hydrogen (secondary N) is 2. The van der Waals surface area contributed by atoms with E-state index in [9.17, 15) is 4.79 Å². The average Bonchev–Trinajstić information content (AvgIpc) is 2.45. The number of rotatable bonds is 4. The van der Waals surface area contributed by atoms with Gasteiger partial charge in [0, 0.05) is 19.6 Å². The van der Waals surface area contributed by atoms with Gasteiger partial charge < -0.3 is 20.1 Å². The number of carbonyl (C=O) groups is 1. The lowest BCUT2D eigenvalue weighted by Crippen LogP contribution is -2.42. The van der Waals surface area contributed by atoms with E-state index >= 15 is 0 Å². The van der Waals surface area contributed by atoms with Gasteiger partial charge in [-0.1, -0.05) is 19.3 Å². The molecule has 0 aromatic rings. The first-order chi connectivity index (χ1) is 8.84. The van der Waals surface area contributed by atoms with Gasteiger partial charge in [0.05, 0.1) is 6.61 Å². The molecule has 18 heavy (non-hydrogen) atoms. The molecule has 0 aromatic heterocycles. The molecule has 1 aliphatic carbocycles. The third kappa shape index (κ3) is 4.82. The number of amides is 1. The highest BCUT2D eigenvalue weighted by molar-refractivity contribution is 5.67. The summed E-state index contributed by atoms with van der Waals surface area (Å²) < 4.78 is 10.6. The molecule has 1 amide bonds. The van der Waals surface area contributed by atoms with Crippen LogP contribution in [0, 0.1) is 5.92 Å². The van der Waals surface area contributed by atoms with Crippen LogP contribution in [0.2, 0.25) is 0 Å². The van der Waals surface area contributed by atoms with Gasteiger partial charge in [-0.2, -0.15) is 0 Å². The molecule has 1 aliphatic heterocycles. The van der Waals surface area contributed by atoms with Crippen molar-refractivity contribution >= 4 is 6.09 Å². The summed E-state index contributed by atoms with van der Waals surface area (Å²) in [6.07, 6.45) is 6.08. The first-order valence-electron chi connectivity index (χ1n) is 7.07. The first-order valence-corrected chi connectivity index (χ1v) is 7.07. The molecule has 5 nitrogen and oxygen atoms in total. The van der Waals surface area contributed by atoms with Crippen LogP contribution in [0.15, 0.2) is 0 Å². The van der Waals surface area contributed by atoms with E-state index in [0.29, 0.717) is 19.1 Å². The maximum Gasteiger partial charge on any atom is 0.407 e. The van der Waals surface area contributed by atoms with E-state index in [-0.39, 0.29) is 12.2 Å². The fourth-order valence-corrected chi connectivity index (χ4v) is 2.57. The molecule has 1 heterocycles. The lowest BCUT2D eigenvalue weighted by Gasteiger charge is -2.24. The van der Waals surface area contributed by atoms with Gasteiger partial charge in [-0.15, -0.1) is 0 Å². The second-order valence-corrected chi connectivity index (χ2v) is 5.18. The van der Waals surface area contributed by atoms with Crippen molar-refractivity contribution in [3.05, 3.63) is 0 Å². The summed E-state index contributed by atoms with van der Waals surface area (Å²) in [6, 6.07) is 0. The van der Waals surface area contributed by atoms with E-state index in [4.69, 9.17) is 9.47 Å². The zero-order valence-electron chi connectivity index (χ0n) is 11.0. The molecule has 1 saturated heterocycles. The maximum atomic E-state index is 11.5. The highest BCUT2D eigenvalue weighted by Crippen LogP contribution is 2.22. The average molecular weight is 256 g/mol. The van der Waals surface area contributed by atoms with Crippen molar-refractivity contribution in [2.45, 2.75) is 38.2 Å². The lowest BCUT2D eigenvalue weighted by atomic mass is 9.89. The van der Waals surface area contributed by atoms with Crippen molar-refractivity contribution in [1.29, 1.82) is 0 Å². The molecule has 2 N–H and O–H groups in total. The van der Waals surface area contributed by atoms with Crippen LogP contribution in [-0.4, -0.2) is 45.0 Å². The Balaban J connectivity index is 1.54. The standard InChI is InChI=1S/C13H24N2O3/c16-13(15-8-11-4-2-1-3-5-11)18-10-12-9-14-6-7-17-12/h11-12,14H,1-10H2,(H,15,16). The van der Waals surface area contributed by atoms with E-state index in [2.05, 4.69) is 10.6 Å². The smallest absolute Gasteiger partial charge is 0.407 e. The fourth-order valence-electron chi connectivity index (χ4n) is 2.57. The summed E-state index contributed by atoms with van der Waals surface area (Å²) in [5, 5.41) is 6.06. The predicted molar refractivity (Wildman–Crippen MR) is 68.5 cm³/mol. The van der Waals surface area contributed by atoms with Gasteiger partial charge in [0.2, 0.25) is 0 Å². The molecule has 1 unspecified atom stereocenters. The Hall–Kier alpha value is -0.810. The Bertz CT molecular complexity index is 225. The van der Waals surface area contributed by atoms with Crippen molar-refractivity contribution in [1.82, 2.24) is 10.6 Å². The molecule has 0 bridgehead atoms. The molecule has 5 heteroatoms. The molecule has 104 valence electrons. The van der Waals surface area contributed by atoms with Gasteiger partial charge in [0.25, 0.3) is 0 Å². The Kier molecular flexibility index (Phi) is 5.74. The van der Waals surface area contributed by atoms with Crippen LogP contribution in [0.25, 0.3) is 0 Å². The van der Waals surface area contributed by atoms with Gasteiger partial charge in [-0.05, 0) is 18.8 Å². The molecule has 0 spiro atoms. The summed E-state index contributed by atoms with van der Waals surface area (Å²) in [5.41, 5.74) is 0. The van der Waals surface area contributed by atoms with Crippen LogP contribution in [0.4, 0.5) is 4.79 Å². The molecule has 2 fully saturated rings. The van der Waals surface area contributed by atoms with E-state index in [1.807, 2.05) is 0 Å². The fraction of sp³-hybridized carbons (Fsp3) is 0.923. The van der Waals surface area contributed by atoms with Crippen molar-refractivity contribution < 1.29 is 14.3 Å². The van der Waals surface area contributed by atoms with Gasteiger partial charge in [0.1, 0.15) is 12.7 Å². The minimum atomic E-state index is -0.310. The van der Waals surface area contributed by atoms with Crippen LogP contribution >= 0.6 is 0 Å². The summed E-state index contributed by atoms with van der Waals surface area (Å²) in [6.45, 7) is 3.42. The van der Waals surface area contributed by atoms with Crippen molar-refractivity contribution in [3.63, 3.8) is 0 Å². The monoisotopic (exact) mass is 256 g/mol. The Labute approximate surface area is 109 Å². The maximum absolute atomic E-state index is 11.5. The number of morpholine rings is 1. The molecule has 2 rings (SSSR count). The van der Waals surface area contributed by atoms with E-state index in [1.54, 1.807) is 0 Å². The van der Waals surface area contributed by atoms with Gasteiger partial charge in [0.15, 0.2) is 0 Å². The van der Waals surface area contributed by atoms with Gasteiger partial charge in [-0.3, -0.25) is 0 Å². The Morgan fingerprint density at radius 2 is 2.17 bits per heavy atom. The topological polar surface area (TPSA) is 59.6 Å². The van der Waals surface area contributed by atoms with Crippen LogP contribution in [0.1, 0.15) is 32.1 Å². The predicted octanol–water partition coefficient (Wildman–Crippen LogP) is 1.28. The SMILES string of the molecule is O=C(NCC1CCCCC1)OCC1CNCCO1. The number of hydrogen-bond acceptors (Lipinski definition) is 4. The van der Waals surface area contributed by atoms with Crippen molar-refractivity contribution in [2.75, 3.05) is 32.8 Å². The zero-order valence-corrected chi connectivity index (χ0v) is 11.0. The highest BCUT2D eigenvalue weighted by atomic mass is 16.6. The van der Waals surface area contributed by atoms with Gasteiger partial charge in [-0.25, -0.2) is 4.79 Å². The number of hydrogen-bond donors (Lipinski definition) is 2. The number of carbonyl (C=O) groups excluding carboxylic acids is 1. The second kappa shape index (κ2) is 7.59. The normalized spacial score (nSPS) is 25.7. The van der Waals surface area contributed by atoms with Crippen LogP contribution in [-0.2, 0) is 9.47 Å². The van der Waals surface area contributed by atoms with Crippen LogP contribution in [0.5, 0.6) is 0 Å². The highest BCUT2D eigenvalue weighted by Gasteiger charge is 2.17. The Morgan fingerprint density at radius 3 is 2.89 bits per heavy atom. The van der Waals surface area contributed by atoms with E-state index < -0.39 is 0 Å². The van der Waals surface area contributed by atoms with Crippen molar-refractivity contribution in [3.8, 4) is 0 Å². The largest absolute Gasteiger partial charge is 0.447 e. The third-order valence-corrected chi connectivity index (χ3v) is 3.66. The van der Waals surface area contributed by atoms with E-state index in [1.165, 1.54) is 32.1 Å². The van der Waals surface area contributed by atoms with Crippen LogP contribution in [0.3, 0.4) is 0 Å².